The van der Waals surface area contributed by atoms with Gasteiger partial charge in [0, 0.05) is 32.6 Å². The SMILES string of the molecule is CN=C(NCCC(=O)NC(C)C)NCCC(C)c1cccc(C(F)(F)F)c1.I. The minimum Gasteiger partial charge on any atom is -0.356 e. The minimum atomic E-state index is -4.33. The smallest absolute Gasteiger partial charge is 0.356 e. The molecule has 0 heterocycles. The number of carbonyl (C=O) groups excluding carboxylic acids is 1. The van der Waals surface area contributed by atoms with Gasteiger partial charge in [0.1, 0.15) is 0 Å². The number of hydrogen-bond acceptors (Lipinski definition) is 2. The van der Waals surface area contributed by atoms with Gasteiger partial charge in [0.25, 0.3) is 0 Å². The number of carbonyl (C=O) groups is 1. The van der Waals surface area contributed by atoms with Crippen molar-refractivity contribution in [2.45, 2.75) is 51.7 Å². The first kappa shape index (κ1) is 26.5. The molecular formula is C19H30F3IN4O. The van der Waals surface area contributed by atoms with E-state index >= 15 is 0 Å². The normalized spacial score (nSPS) is 12.9. The van der Waals surface area contributed by atoms with E-state index in [4.69, 9.17) is 0 Å². The first-order valence-electron chi connectivity index (χ1n) is 9.04. The van der Waals surface area contributed by atoms with Crippen molar-refractivity contribution in [2.75, 3.05) is 20.1 Å². The molecule has 0 aliphatic rings. The van der Waals surface area contributed by atoms with E-state index in [-0.39, 0.29) is 41.8 Å². The molecule has 1 atom stereocenters. The van der Waals surface area contributed by atoms with Crippen molar-refractivity contribution < 1.29 is 18.0 Å². The fourth-order valence-electron chi connectivity index (χ4n) is 2.50. The molecule has 1 aromatic rings. The Bertz CT molecular complexity index is 636. The molecule has 1 rings (SSSR count). The molecule has 5 nitrogen and oxygen atoms in total. The third-order valence-electron chi connectivity index (χ3n) is 3.97. The summed E-state index contributed by atoms with van der Waals surface area (Å²) in [6, 6.07) is 5.53. The van der Waals surface area contributed by atoms with Crippen LogP contribution in [-0.2, 0) is 11.0 Å². The Morgan fingerprint density at radius 3 is 2.36 bits per heavy atom. The fraction of sp³-hybridized carbons (Fsp3) is 0.579. The van der Waals surface area contributed by atoms with Gasteiger partial charge in [-0.2, -0.15) is 13.2 Å². The highest BCUT2D eigenvalue weighted by Crippen LogP contribution is 2.31. The van der Waals surface area contributed by atoms with E-state index < -0.39 is 11.7 Å². The summed E-state index contributed by atoms with van der Waals surface area (Å²) in [5.74, 6) is 0.490. The zero-order valence-electron chi connectivity index (χ0n) is 16.7. The summed E-state index contributed by atoms with van der Waals surface area (Å²) in [6.45, 7) is 6.69. The first-order valence-corrected chi connectivity index (χ1v) is 9.04. The Hall–Kier alpha value is -1.52. The third-order valence-corrected chi connectivity index (χ3v) is 3.97. The van der Waals surface area contributed by atoms with E-state index in [1.165, 1.54) is 12.1 Å². The number of amides is 1. The highest BCUT2D eigenvalue weighted by molar-refractivity contribution is 14.0. The number of alkyl halides is 3. The van der Waals surface area contributed by atoms with Crippen LogP contribution in [0.5, 0.6) is 0 Å². The zero-order valence-corrected chi connectivity index (χ0v) is 19.0. The summed E-state index contributed by atoms with van der Waals surface area (Å²) in [7, 11) is 1.62. The Morgan fingerprint density at radius 2 is 1.79 bits per heavy atom. The van der Waals surface area contributed by atoms with Crippen LogP contribution in [0, 0.1) is 0 Å². The van der Waals surface area contributed by atoms with Crippen molar-refractivity contribution in [1.82, 2.24) is 16.0 Å². The van der Waals surface area contributed by atoms with Gasteiger partial charge in [0.05, 0.1) is 5.56 Å². The molecule has 160 valence electrons. The van der Waals surface area contributed by atoms with E-state index in [0.717, 1.165) is 6.07 Å². The van der Waals surface area contributed by atoms with Gasteiger partial charge in [0.15, 0.2) is 5.96 Å². The van der Waals surface area contributed by atoms with Crippen molar-refractivity contribution in [3.05, 3.63) is 35.4 Å². The molecule has 1 aromatic carbocycles. The molecule has 0 aromatic heterocycles. The number of halogens is 4. The van der Waals surface area contributed by atoms with Crippen molar-refractivity contribution in [1.29, 1.82) is 0 Å². The Balaban J connectivity index is 0.00000729. The summed E-state index contributed by atoms with van der Waals surface area (Å²) in [6.07, 6.45) is -3.35. The zero-order chi connectivity index (χ0) is 20.4. The molecule has 1 amide bonds. The molecule has 0 spiro atoms. The summed E-state index contributed by atoms with van der Waals surface area (Å²) in [5.41, 5.74) is 0.0249. The third kappa shape index (κ3) is 10.1. The van der Waals surface area contributed by atoms with Crippen molar-refractivity contribution in [2.24, 2.45) is 4.99 Å². The lowest BCUT2D eigenvalue weighted by atomic mass is 9.96. The van der Waals surface area contributed by atoms with Gasteiger partial charge in [-0.15, -0.1) is 24.0 Å². The molecule has 1 unspecified atom stereocenters. The van der Waals surface area contributed by atoms with E-state index in [0.29, 0.717) is 37.5 Å². The number of nitrogens with one attached hydrogen (secondary N) is 3. The topological polar surface area (TPSA) is 65.5 Å². The van der Waals surface area contributed by atoms with E-state index in [1.807, 2.05) is 20.8 Å². The maximum atomic E-state index is 12.8. The summed E-state index contributed by atoms with van der Waals surface area (Å²) in [4.78, 5) is 15.7. The maximum Gasteiger partial charge on any atom is 0.416 e. The lowest BCUT2D eigenvalue weighted by Crippen LogP contribution is -2.40. The van der Waals surface area contributed by atoms with Crippen molar-refractivity contribution >= 4 is 35.8 Å². The van der Waals surface area contributed by atoms with Crippen LogP contribution in [0.3, 0.4) is 0 Å². The van der Waals surface area contributed by atoms with Gasteiger partial charge in [-0.3, -0.25) is 9.79 Å². The summed E-state index contributed by atoms with van der Waals surface area (Å²) in [5, 5.41) is 8.97. The van der Waals surface area contributed by atoms with Gasteiger partial charge in [-0.1, -0.05) is 25.1 Å². The van der Waals surface area contributed by atoms with Crippen LogP contribution in [0.2, 0.25) is 0 Å². The molecule has 0 bridgehead atoms. The minimum absolute atomic E-state index is 0. The van der Waals surface area contributed by atoms with Crippen LogP contribution in [0.15, 0.2) is 29.3 Å². The Morgan fingerprint density at radius 1 is 1.14 bits per heavy atom. The molecule has 0 saturated heterocycles. The van der Waals surface area contributed by atoms with Crippen LogP contribution in [0.4, 0.5) is 13.2 Å². The standard InChI is InChI=1S/C19H29F3N4O.HI/c1-13(2)26-17(27)9-11-25-18(23-4)24-10-8-14(3)15-6-5-7-16(12-15)19(20,21)22;/h5-7,12-14H,8-11H2,1-4H3,(H,26,27)(H2,23,24,25);1H. The predicted octanol–water partition coefficient (Wildman–Crippen LogP) is 3.90. The average molecular weight is 514 g/mol. The Labute approximate surface area is 182 Å². The largest absolute Gasteiger partial charge is 0.416 e. The summed E-state index contributed by atoms with van der Waals surface area (Å²) < 4.78 is 38.4. The van der Waals surface area contributed by atoms with Gasteiger partial charge >= 0.3 is 6.18 Å². The number of rotatable bonds is 8. The fourth-order valence-corrected chi connectivity index (χ4v) is 2.50. The molecule has 0 fully saturated rings. The highest BCUT2D eigenvalue weighted by Gasteiger charge is 2.30. The van der Waals surface area contributed by atoms with Crippen LogP contribution >= 0.6 is 24.0 Å². The van der Waals surface area contributed by atoms with Crippen LogP contribution in [0.1, 0.15) is 50.7 Å². The molecule has 0 radical (unpaired) electrons. The molecule has 9 heteroatoms. The van der Waals surface area contributed by atoms with Crippen LogP contribution in [-0.4, -0.2) is 38.0 Å². The molecule has 0 aliphatic heterocycles. The van der Waals surface area contributed by atoms with E-state index in [1.54, 1.807) is 13.1 Å². The first-order chi connectivity index (χ1) is 12.6. The van der Waals surface area contributed by atoms with E-state index in [9.17, 15) is 18.0 Å². The van der Waals surface area contributed by atoms with Gasteiger partial charge < -0.3 is 16.0 Å². The van der Waals surface area contributed by atoms with Crippen molar-refractivity contribution in [3.8, 4) is 0 Å². The van der Waals surface area contributed by atoms with Crippen LogP contribution < -0.4 is 16.0 Å². The lowest BCUT2D eigenvalue weighted by Gasteiger charge is -2.16. The van der Waals surface area contributed by atoms with Crippen LogP contribution in [0.25, 0.3) is 0 Å². The van der Waals surface area contributed by atoms with Gasteiger partial charge in [0.2, 0.25) is 5.91 Å². The average Bonchev–Trinajstić information content (AvgIpc) is 2.59. The lowest BCUT2D eigenvalue weighted by molar-refractivity contribution is -0.137. The van der Waals surface area contributed by atoms with Gasteiger partial charge in [-0.25, -0.2) is 0 Å². The second-order valence-electron chi connectivity index (χ2n) is 6.71. The molecule has 0 saturated carbocycles. The second-order valence-corrected chi connectivity index (χ2v) is 6.71. The van der Waals surface area contributed by atoms with Crippen molar-refractivity contribution in [3.63, 3.8) is 0 Å². The summed E-state index contributed by atoms with van der Waals surface area (Å²) >= 11 is 0. The Kier molecular flexibility index (Phi) is 12.1. The molecule has 0 aliphatic carbocycles. The molecule has 28 heavy (non-hydrogen) atoms. The number of hydrogen-bond donors (Lipinski definition) is 3. The number of guanidine groups is 1. The highest BCUT2D eigenvalue weighted by atomic mass is 127. The number of nitrogens with zero attached hydrogens (tertiary/aromatic N) is 1. The predicted molar refractivity (Wildman–Crippen MR) is 117 cm³/mol. The molecule has 3 N–H and O–H groups in total. The molecular weight excluding hydrogens is 484 g/mol. The monoisotopic (exact) mass is 514 g/mol. The number of benzene rings is 1. The quantitative estimate of drug-likeness (QED) is 0.280. The maximum absolute atomic E-state index is 12.8. The number of aliphatic imine (C=N–C) groups is 1. The van der Waals surface area contributed by atoms with E-state index in [2.05, 4.69) is 20.9 Å². The second kappa shape index (κ2) is 12.8. The van der Waals surface area contributed by atoms with Gasteiger partial charge in [-0.05, 0) is 37.8 Å².